The summed E-state index contributed by atoms with van der Waals surface area (Å²) in [5.41, 5.74) is 0.207. The van der Waals surface area contributed by atoms with E-state index in [1.807, 2.05) is 7.05 Å². The minimum atomic E-state index is 0.207. The first kappa shape index (κ1) is 12.9. The van der Waals surface area contributed by atoms with Gasteiger partial charge in [-0.25, -0.2) is 0 Å². The third-order valence-corrected chi connectivity index (χ3v) is 2.90. The Kier molecular flexibility index (Phi) is 6.35. The Labute approximate surface area is 82.7 Å². The van der Waals surface area contributed by atoms with E-state index in [-0.39, 0.29) is 18.1 Å². The zero-order valence-electron chi connectivity index (χ0n) is 9.56. The van der Waals surface area contributed by atoms with Crippen LogP contribution in [-0.4, -0.2) is 24.8 Å². The Hall–Kier alpha value is -0.0800. The maximum Gasteiger partial charge on any atom is 0.0589 e. The fraction of sp³-hybridized carbons (Fsp3) is 1.00. The van der Waals surface area contributed by atoms with E-state index in [1.165, 1.54) is 25.7 Å². The minimum Gasteiger partial charge on any atom is -0.395 e. The molecule has 2 heteroatoms. The molecule has 0 heterocycles. The molecular formula is C11H25NO. The third kappa shape index (κ3) is 4.63. The summed E-state index contributed by atoms with van der Waals surface area (Å²) < 4.78 is 0. The molecule has 0 rings (SSSR count). The van der Waals surface area contributed by atoms with Crippen LogP contribution in [0.2, 0.25) is 0 Å². The average Bonchev–Trinajstić information content (AvgIpc) is 2.06. The second kappa shape index (κ2) is 6.39. The third-order valence-electron chi connectivity index (χ3n) is 2.90. The second-order valence-electron chi connectivity index (χ2n) is 4.47. The summed E-state index contributed by atoms with van der Waals surface area (Å²) in [6.07, 6.45) is 5.01. The number of hydrogen-bond acceptors (Lipinski definition) is 2. The van der Waals surface area contributed by atoms with Gasteiger partial charge >= 0.3 is 0 Å². The van der Waals surface area contributed by atoms with Crippen molar-refractivity contribution in [3.05, 3.63) is 0 Å². The molecule has 13 heavy (non-hydrogen) atoms. The predicted molar refractivity (Wildman–Crippen MR) is 57.9 cm³/mol. The molecular weight excluding hydrogens is 162 g/mol. The minimum absolute atomic E-state index is 0.207. The number of likely N-dealkylation sites (N-methyl/N-ethyl adjacent to an activating group) is 1. The molecule has 1 atom stereocenters. The van der Waals surface area contributed by atoms with Crippen LogP contribution >= 0.6 is 0 Å². The normalized spacial score (nSPS) is 14.5. The van der Waals surface area contributed by atoms with Crippen LogP contribution in [0.5, 0.6) is 0 Å². The molecule has 0 aliphatic heterocycles. The first-order chi connectivity index (χ1) is 6.08. The summed E-state index contributed by atoms with van der Waals surface area (Å²) >= 11 is 0. The van der Waals surface area contributed by atoms with Crippen LogP contribution in [0, 0.1) is 5.41 Å². The quantitative estimate of drug-likeness (QED) is 0.599. The van der Waals surface area contributed by atoms with Crippen LogP contribution in [0.15, 0.2) is 0 Å². The standard InChI is InChI=1S/C11H25NO/c1-5-6-7-8-11(2,3)10(9-13)12-4/h10,12-13H,5-9H2,1-4H3. The molecule has 0 aliphatic rings. The Bertz CT molecular complexity index is 119. The van der Waals surface area contributed by atoms with E-state index in [2.05, 4.69) is 26.1 Å². The van der Waals surface area contributed by atoms with Gasteiger partial charge in [-0.3, -0.25) is 0 Å². The molecule has 0 amide bonds. The van der Waals surface area contributed by atoms with Crippen molar-refractivity contribution in [2.24, 2.45) is 5.41 Å². The van der Waals surface area contributed by atoms with Gasteiger partial charge in [-0.15, -0.1) is 0 Å². The van der Waals surface area contributed by atoms with Crippen molar-refractivity contribution in [3.8, 4) is 0 Å². The molecule has 0 aromatic rings. The molecule has 0 radical (unpaired) electrons. The van der Waals surface area contributed by atoms with Gasteiger partial charge in [0.1, 0.15) is 0 Å². The molecule has 0 bridgehead atoms. The smallest absolute Gasteiger partial charge is 0.0589 e. The van der Waals surface area contributed by atoms with Crippen molar-refractivity contribution in [2.75, 3.05) is 13.7 Å². The molecule has 1 unspecified atom stereocenters. The lowest BCUT2D eigenvalue weighted by molar-refractivity contribution is 0.141. The van der Waals surface area contributed by atoms with Crippen LogP contribution in [0.25, 0.3) is 0 Å². The molecule has 0 aliphatic carbocycles. The van der Waals surface area contributed by atoms with Crippen molar-refractivity contribution in [1.29, 1.82) is 0 Å². The molecule has 0 spiro atoms. The van der Waals surface area contributed by atoms with Crippen LogP contribution in [0.3, 0.4) is 0 Å². The highest BCUT2D eigenvalue weighted by Crippen LogP contribution is 2.27. The van der Waals surface area contributed by atoms with Crippen molar-refractivity contribution in [2.45, 2.75) is 52.5 Å². The van der Waals surface area contributed by atoms with E-state index in [9.17, 15) is 0 Å². The Morgan fingerprint density at radius 3 is 2.31 bits per heavy atom. The van der Waals surface area contributed by atoms with Gasteiger partial charge in [-0.2, -0.15) is 0 Å². The van der Waals surface area contributed by atoms with Crippen LogP contribution in [0.1, 0.15) is 46.5 Å². The Balaban J connectivity index is 3.88. The topological polar surface area (TPSA) is 32.3 Å². The lowest BCUT2D eigenvalue weighted by Crippen LogP contribution is -2.42. The molecule has 0 fully saturated rings. The summed E-state index contributed by atoms with van der Waals surface area (Å²) in [4.78, 5) is 0. The van der Waals surface area contributed by atoms with E-state index < -0.39 is 0 Å². The van der Waals surface area contributed by atoms with Gasteiger partial charge in [0.25, 0.3) is 0 Å². The summed E-state index contributed by atoms with van der Waals surface area (Å²) in [5.74, 6) is 0. The molecule has 80 valence electrons. The van der Waals surface area contributed by atoms with E-state index in [0.29, 0.717) is 0 Å². The van der Waals surface area contributed by atoms with E-state index in [1.54, 1.807) is 0 Å². The molecule has 0 aromatic carbocycles. The number of nitrogens with one attached hydrogen (secondary N) is 1. The molecule has 0 saturated heterocycles. The van der Waals surface area contributed by atoms with E-state index >= 15 is 0 Å². The lowest BCUT2D eigenvalue weighted by atomic mass is 9.80. The highest BCUT2D eigenvalue weighted by molar-refractivity contribution is 4.82. The van der Waals surface area contributed by atoms with Crippen molar-refractivity contribution in [1.82, 2.24) is 5.32 Å². The van der Waals surface area contributed by atoms with E-state index in [0.717, 1.165) is 0 Å². The number of hydrogen-bond donors (Lipinski definition) is 2. The van der Waals surface area contributed by atoms with Gasteiger partial charge in [0.05, 0.1) is 6.61 Å². The SMILES string of the molecule is CCCCCC(C)(C)C(CO)NC. The van der Waals surface area contributed by atoms with Gasteiger partial charge in [0.15, 0.2) is 0 Å². The molecule has 0 saturated carbocycles. The predicted octanol–water partition coefficient (Wildman–Crippen LogP) is 2.17. The lowest BCUT2D eigenvalue weighted by Gasteiger charge is -2.33. The number of aliphatic hydroxyl groups is 1. The zero-order chi connectivity index (χ0) is 10.3. The highest BCUT2D eigenvalue weighted by Gasteiger charge is 2.26. The number of aliphatic hydroxyl groups excluding tert-OH is 1. The summed E-state index contributed by atoms with van der Waals surface area (Å²) in [5, 5.41) is 12.3. The average molecular weight is 187 g/mol. The number of unbranched alkanes of at least 4 members (excludes halogenated alkanes) is 2. The van der Waals surface area contributed by atoms with Gasteiger partial charge in [-0.05, 0) is 18.9 Å². The maximum atomic E-state index is 9.16. The zero-order valence-corrected chi connectivity index (χ0v) is 9.56. The van der Waals surface area contributed by atoms with Crippen molar-refractivity contribution < 1.29 is 5.11 Å². The van der Waals surface area contributed by atoms with Crippen molar-refractivity contribution >= 4 is 0 Å². The van der Waals surface area contributed by atoms with Crippen LogP contribution < -0.4 is 5.32 Å². The largest absolute Gasteiger partial charge is 0.395 e. The first-order valence-electron chi connectivity index (χ1n) is 5.36. The van der Waals surface area contributed by atoms with Crippen LogP contribution in [-0.2, 0) is 0 Å². The van der Waals surface area contributed by atoms with Gasteiger partial charge in [0, 0.05) is 6.04 Å². The number of rotatable bonds is 7. The Morgan fingerprint density at radius 2 is 1.92 bits per heavy atom. The summed E-state index contributed by atoms with van der Waals surface area (Å²) in [7, 11) is 1.92. The van der Waals surface area contributed by atoms with Crippen molar-refractivity contribution in [3.63, 3.8) is 0 Å². The molecule has 2 N–H and O–H groups in total. The fourth-order valence-corrected chi connectivity index (χ4v) is 1.73. The molecule has 2 nitrogen and oxygen atoms in total. The highest BCUT2D eigenvalue weighted by atomic mass is 16.3. The fourth-order valence-electron chi connectivity index (χ4n) is 1.73. The van der Waals surface area contributed by atoms with Gasteiger partial charge in [-0.1, -0.05) is 40.0 Å². The summed E-state index contributed by atoms with van der Waals surface area (Å²) in [6.45, 7) is 6.89. The van der Waals surface area contributed by atoms with E-state index in [4.69, 9.17) is 5.11 Å². The first-order valence-corrected chi connectivity index (χ1v) is 5.36. The Morgan fingerprint density at radius 1 is 1.31 bits per heavy atom. The van der Waals surface area contributed by atoms with Gasteiger partial charge < -0.3 is 10.4 Å². The maximum absolute atomic E-state index is 9.16. The summed E-state index contributed by atoms with van der Waals surface area (Å²) in [6, 6.07) is 0.226. The second-order valence-corrected chi connectivity index (χ2v) is 4.47. The molecule has 0 aromatic heterocycles. The van der Waals surface area contributed by atoms with Gasteiger partial charge in [0.2, 0.25) is 0 Å². The monoisotopic (exact) mass is 187 g/mol. The van der Waals surface area contributed by atoms with Crippen LogP contribution in [0.4, 0.5) is 0 Å².